The van der Waals surface area contributed by atoms with Crippen LogP contribution in [0.2, 0.25) is 5.02 Å². The van der Waals surface area contributed by atoms with Crippen LogP contribution in [0.3, 0.4) is 0 Å². The molecule has 0 amide bonds. The van der Waals surface area contributed by atoms with Crippen molar-refractivity contribution >= 4 is 44.7 Å². The van der Waals surface area contributed by atoms with Crippen LogP contribution in [0, 0.1) is 0 Å². The largest absolute Gasteiger partial charge is 0.478 e. The average Bonchev–Trinajstić information content (AvgIpc) is 3.19. The number of hydrogen-bond acceptors (Lipinski definition) is 5. The quantitative estimate of drug-likeness (QED) is 0.546. The van der Waals surface area contributed by atoms with Gasteiger partial charge in [-0.25, -0.2) is 22.5 Å². The summed E-state index contributed by atoms with van der Waals surface area (Å²) in [6.45, 7) is -0.232. The molecule has 6 nitrogen and oxygen atoms in total. The lowest BCUT2D eigenvalue weighted by atomic mass is 10.2. The van der Waals surface area contributed by atoms with E-state index in [0.29, 0.717) is 17.8 Å². The number of carboxylic acids is 1. The van der Waals surface area contributed by atoms with Crippen LogP contribution in [0.4, 0.5) is 19.0 Å². The molecular formula is C18H12ClF3N2O4S2. The summed E-state index contributed by atoms with van der Waals surface area (Å²) in [4.78, 5) is 14.4. The number of nitrogens with zero attached hydrogens (tertiary/aromatic N) is 2. The lowest BCUT2D eigenvalue weighted by Crippen LogP contribution is -2.31. The Kier molecular flexibility index (Phi) is 6.06. The van der Waals surface area contributed by atoms with Gasteiger partial charge in [-0.15, -0.1) is 0 Å². The molecule has 158 valence electrons. The minimum absolute atomic E-state index is 0.121. The molecule has 0 saturated carbocycles. The maximum Gasteiger partial charge on any atom is 0.417 e. The average molecular weight is 477 g/mol. The monoisotopic (exact) mass is 476 g/mol. The van der Waals surface area contributed by atoms with Gasteiger partial charge in [-0.05, 0) is 52.7 Å². The maximum atomic E-state index is 13.2. The zero-order valence-electron chi connectivity index (χ0n) is 14.8. The van der Waals surface area contributed by atoms with Crippen LogP contribution in [0.5, 0.6) is 0 Å². The van der Waals surface area contributed by atoms with Crippen LogP contribution in [0.25, 0.3) is 0 Å². The van der Waals surface area contributed by atoms with Crippen molar-refractivity contribution in [2.45, 2.75) is 17.6 Å². The maximum absolute atomic E-state index is 13.2. The number of aromatic nitrogens is 1. The van der Waals surface area contributed by atoms with Crippen molar-refractivity contribution in [1.29, 1.82) is 0 Å². The van der Waals surface area contributed by atoms with Crippen molar-refractivity contribution in [1.82, 2.24) is 4.98 Å². The summed E-state index contributed by atoms with van der Waals surface area (Å²) in [6, 6.07) is 6.67. The van der Waals surface area contributed by atoms with E-state index in [4.69, 9.17) is 16.7 Å². The Bertz CT molecular complexity index is 1170. The van der Waals surface area contributed by atoms with Crippen molar-refractivity contribution in [3.63, 3.8) is 0 Å². The van der Waals surface area contributed by atoms with E-state index in [9.17, 15) is 26.4 Å². The minimum Gasteiger partial charge on any atom is -0.478 e. The van der Waals surface area contributed by atoms with Crippen molar-refractivity contribution in [2.75, 3.05) is 4.31 Å². The third-order valence-corrected chi connectivity index (χ3v) is 6.74. The summed E-state index contributed by atoms with van der Waals surface area (Å²) in [7, 11) is -4.33. The molecule has 30 heavy (non-hydrogen) atoms. The number of rotatable bonds is 6. The summed E-state index contributed by atoms with van der Waals surface area (Å²) >= 11 is 7.30. The van der Waals surface area contributed by atoms with Gasteiger partial charge in [0.25, 0.3) is 10.0 Å². The van der Waals surface area contributed by atoms with E-state index >= 15 is 0 Å². The van der Waals surface area contributed by atoms with E-state index in [1.807, 2.05) is 0 Å². The van der Waals surface area contributed by atoms with E-state index < -0.39 is 32.8 Å². The molecule has 0 aliphatic rings. The summed E-state index contributed by atoms with van der Waals surface area (Å²) in [5.74, 6) is -1.61. The van der Waals surface area contributed by atoms with Crippen molar-refractivity contribution in [3.8, 4) is 0 Å². The van der Waals surface area contributed by atoms with Crippen LogP contribution < -0.4 is 4.31 Å². The molecule has 0 aliphatic heterocycles. The van der Waals surface area contributed by atoms with Gasteiger partial charge in [-0.3, -0.25) is 0 Å². The summed E-state index contributed by atoms with van der Waals surface area (Å²) in [6.07, 6.45) is -4.19. The molecule has 1 N–H and O–H groups in total. The molecule has 0 bridgehead atoms. The molecule has 0 spiro atoms. The second-order valence-electron chi connectivity index (χ2n) is 6.00. The normalized spacial score (nSPS) is 12.0. The molecule has 0 fully saturated rings. The number of carbonyl (C=O) groups is 1. The van der Waals surface area contributed by atoms with Crippen molar-refractivity contribution < 1.29 is 31.5 Å². The van der Waals surface area contributed by atoms with E-state index in [1.165, 1.54) is 11.3 Å². The Hall–Kier alpha value is -2.63. The van der Waals surface area contributed by atoms with Gasteiger partial charge in [0.1, 0.15) is 0 Å². The van der Waals surface area contributed by atoms with Gasteiger partial charge in [0.2, 0.25) is 0 Å². The second kappa shape index (κ2) is 8.25. The number of anilines is 1. The predicted octanol–water partition coefficient (Wildman–Crippen LogP) is 4.91. The smallest absolute Gasteiger partial charge is 0.417 e. The molecule has 2 aromatic heterocycles. The molecule has 0 saturated heterocycles. The Morgan fingerprint density at radius 3 is 2.37 bits per heavy atom. The first-order valence-corrected chi connectivity index (χ1v) is 10.9. The SMILES string of the molecule is O=C(O)c1ccc(S(=O)(=O)N(Cc2ccsc2)c2ncc(C(F)(F)F)cc2Cl)cc1. The van der Waals surface area contributed by atoms with Gasteiger partial charge >= 0.3 is 12.1 Å². The van der Waals surface area contributed by atoms with E-state index in [2.05, 4.69) is 4.98 Å². The number of sulfonamides is 1. The number of thiophene rings is 1. The first-order chi connectivity index (χ1) is 14.0. The molecule has 3 rings (SSSR count). The first-order valence-electron chi connectivity index (χ1n) is 8.10. The number of alkyl halides is 3. The van der Waals surface area contributed by atoms with E-state index in [0.717, 1.165) is 28.6 Å². The fourth-order valence-electron chi connectivity index (χ4n) is 2.49. The highest BCUT2D eigenvalue weighted by molar-refractivity contribution is 7.92. The molecule has 12 heteroatoms. The van der Waals surface area contributed by atoms with Crippen LogP contribution >= 0.6 is 22.9 Å². The number of carboxylic acid groups (broad SMARTS) is 1. The summed E-state index contributed by atoms with van der Waals surface area (Å²) in [5.41, 5.74) is -0.664. The summed E-state index contributed by atoms with van der Waals surface area (Å²) < 4.78 is 66.0. The van der Waals surface area contributed by atoms with Crippen molar-refractivity contribution in [2.24, 2.45) is 0 Å². The number of benzene rings is 1. The van der Waals surface area contributed by atoms with Gasteiger partial charge in [-0.2, -0.15) is 24.5 Å². The molecule has 0 atom stereocenters. The van der Waals surface area contributed by atoms with E-state index in [-0.39, 0.29) is 22.8 Å². The number of hydrogen-bond donors (Lipinski definition) is 1. The highest BCUT2D eigenvalue weighted by Gasteiger charge is 2.34. The third-order valence-electron chi connectivity index (χ3n) is 3.98. The highest BCUT2D eigenvalue weighted by Crippen LogP contribution is 2.36. The third kappa shape index (κ3) is 4.58. The standard InChI is InChI=1S/C18H12ClF3N2O4S2/c19-15-7-13(18(20,21)22)8-23-16(15)24(9-11-5-6-29-10-11)30(27,28)14-3-1-12(2-4-14)17(25)26/h1-8,10H,9H2,(H,25,26). The van der Waals surface area contributed by atoms with Crippen LogP contribution in [-0.4, -0.2) is 24.5 Å². The highest BCUT2D eigenvalue weighted by atomic mass is 35.5. The topological polar surface area (TPSA) is 87.6 Å². The van der Waals surface area contributed by atoms with Crippen LogP contribution in [-0.2, 0) is 22.7 Å². The molecule has 0 radical (unpaired) electrons. The lowest BCUT2D eigenvalue weighted by Gasteiger charge is -2.24. The molecule has 0 aliphatic carbocycles. The molecular weight excluding hydrogens is 465 g/mol. The Labute approximate surface area is 178 Å². The lowest BCUT2D eigenvalue weighted by molar-refractivity contribution is -0.137. The van der Waals surface area contributed by atoms with Crippen LogP contribution in [0.15, 0.2) is 58.3 Å². The molecule has 3 aromatic rings. The van der Waals surface area contributed by atoms with E-state index in [1.54, 1.807) is 16.8 Å². The number of pyridine rings is 1. The van der Waals surface area contributed by atoms with Gasteiger partial charge < -0.3 is 5.11 Å². The minimum atomic E-state index is -4.70. The molecule has 0 unspecified atom stereocenters. The fourth-order valence-corrected chi connectivity index (χ4v) is 4.89. The van der Waals surface area contributed by atoms with Gasteiger partial charge in [0.05, 0.1) is 27.6 Å². The van der Waals surface area contributed by atoms with Gasteiger partial charge in [0.15, 0.2) is 5.82 Å². The fraction of sp³-hybridized carbons (Fsp3) is 0.111. The zero-order valence-corrected chi connectivity index (χ0v) is 17.2. The molecule has 2 heterocycles. The predicted molar refractivity (Wildman–Crippen MR) is 105 cm³/mol. The summed E-state index contributed by atoms with van der Waals surface area (Å²) in [5, 5.41) is 11.9. The second-order valence-corrected chi connectivity index (χ2v) is 9.05. The van der Waals surface area contributed by atoms with Gasteiger partial charge in [-0.1, -0.05) is 11.6 Å². The first kappa shape index (κ1) is 22.1. The Morgan fingerprint density at radius 1 is 1.20 bits per heavy atom. The number of aromatic carboxylic acids is 1. The number of halogens is 4. The van der Waals surface area contributed by atoms with Gasteiger partial charge in [0, 0.05) is 6.20 Å². The zero-order chi connectivity index (χ0) is 22.1. The van der Waals surface area contributed by atoms with Crippen molar-refractivity contribution in [3.05, 3.63) is 75.1 Å². The Balaban J connectivity index is 2.10. The Morgan fingerprint density at radius 2 is 1.87 bits per heavy atom. The molecule has 1 aromatic carbocycles. The van der Waals surface area contributed by atoms with Crippen LogP contribution in [0.1, 0.15) is 21.5 Å².